The molecule has 2 aromatic carbocycles. The number of hydrogen-bond acceptors (Lipinski definition) is 6. The Labute approximate surface area is 167 Å². The molecule has 0 amide bonds. The van der Waals surface area contributed by atoms with Crippen LogP contribution in [0.25, 0.3) is 17.1 Å². The fourth-order valence-corrected chi connectivity index (χ4v) is 3.70. The molecule has 0 N–H and O–H groups in total. The number of benzene rings is 2. The highest BCUT2D eigenvalue weighted by Crippen LogP contribution is 2.31. The fourth-order valence-electron chi connectivity index (χ4n) is 2.86. The number of methoxy groups -OCH3 is 1. The van der Waals surface area contributed by atoms with E-state index in [9.17, 15) is 0 Å². The second kappa shape index (κ2) is 7.90. The maximum absolute atomic E-state index is 5.37. The molecule has 0 aliphatic rings. The van der Waals surface area contributed by atoms with Crippen molar-refractivity contribution in [3.05, 3.63) is 71.6 Å². The molecule has 0 fully saturated rings. The number of nitrogens with zero attached hydrogens (tertiary/aromatic N) is 4. The molecular formula is C21H20N4O2S. The first-order valence-corrected chi connectivity index (χ1v) is 9.84. The molecule has 142 valence electrons. The van der Waals surface area contributed by atoms with Gasteiger partial charge >= 0.3 is 0 Å². The Morgan fingerprint density at radius 1 is 1.04 bits per heavy atom. The van der Waals surface area contributed by atoms with Crippen LogP contribution in [0.3, 0.4) is 0 Å². The minimum Gasteiger partial charge on any atom is -0.497 e. The standard InChI is InChI=1S/C21H20N4O2S/c1-14-7-9-18(10-8-14)25-20(16-5-4-6-19(12-16)26-3)22-23-21(25)28-13-17-11-15(2)27-24-17/h4-12H,13H2,1-3H3. The summed E-state index contributed by atoms with van der Waals surface area (Å²) in [7, 11) is 1.66. The third-order valence-corrected chi connectivity index (χ3v) is 5.24. The molecule has 0 atom stereocenters. The lowest BCUT2D eigenvalue weighted by Crippen LogP contribution is -2.00. The molecule has 0 aliphatic carbocycles. The fraction of sp³-hybridized carbons (Fsp3) is 0.190. The molecule has 7 heteroatoms. The van der Waals surface area contributed by atoms with Crippen molar-refractivity contribution in [2.75, 3.05) is 7.11 Å². The van der Waals surface area contributed by atoms with Crippen molar-refractivity contribution >= 4 is 11.8 Å². The van der Waals surface area contributed by atoms with Gasteiger partial charge in [-0.1, -0.05) is 46.7 Å². The zero-order valence-corrected chi connectivity index (χ0v) is 16.7. The number of aryl methyl sites for hydroxylation is 2. The molecule has 4 aromatic rings. The minimum atomic E-state index is 0.652. The smallest absolute Gasteiger partial charge is 0.196 e. The largest absolute Gasteiger partial charge is 0.497 e. The first-order valence-electron chi connectivity index (χ1n) is 8.86. The van der Waals surface area contributed by atoms with E-state index in [1.54, 1.807) is 18.9 Å². The minimum absolute atomic E-state index is 0.652. The second-order valence-electron chi connectivity index (χ2n) is 6.43. The molecule has 0 saturated carbocycles. The summed E-state index contributed by atoms with van der Waals surface area (Å²) in [4.78, 5) is 0. The zero-order chi connectivity index (χ0) is 19.5. The predicted octanol–water partition coefficient (Wildman–Crippen LogP) is 4.84. The normalized spacial score (nSPS) is 11.0. The Morgan fingerprint density at radius 2 is 1.86 bits per heavy atom. The van der Waals surface area contributed by atoms with Gasteiger partial charge in [-0.25, -0.2) is 0 Å². The highest BCUT2D eigenvalue weighted by Gasteiger charge is 2.17. The highest BCUT2D eigenvalue weighted by molar-refractivity contribution is 7.98. The molecule has 0 unspecified atom stereocenters. The number of ether oxygens (including phenoxy) is 1. The van der Waals surface area contributed by atoms with Crippen LogP contribution >= 0.6 is 11.8 Å². The topological polar surface area (TPSA) is 66.0 Å². The molecule has 0 spiro atoms. The average molecular weight is 392 g/mol. The van der Waals surface area contributed by atoms with Crippen LogP contribution in [0, 0.1) is 13.8 Å². The van der Waals surface area contributed by atoms with Gasteiger partial charge < -0.3 is 9.26 Å². The molecule has 0 radical (unpaired) electrons. The maximum atomic E-state index is 5.37. The maximum Gasteiger partial charge on any atom is 0.196 e. The molecule has 2 aromatic heterocycles. The summed E-state index contributed by atoms with van der Waals surface area (Å²) in [5, 5.41) is 13.8. The van der Waals surface area contributed by atoms with Crippen molar-refractivity contribution in [3.8, 4) is 22.8 Å². The first-order chi connectivity index (χ1) is 13.6. The van der Waals surface area contributed by atoms with Crippen molar-refractivity contribution in [3.63, 3.8) is 0 Å². The summed E-state index contributed by atoms with van der Waals surface area (Å²) in [6.45, 7) is 3.96. The summed E-state index contributed by atoms with van der Waals surface area (Å²) in [6.07, 6.45) is 0. The van der Waals surface area contributed by atoms with Gasteiger partial charge in [0.2, 0.25) is 0 Å². The van der Waals surface area contributed by atoms with Gasteiger partial charge in [-0.3, -0.25) is 4.57 Å². The van der Waals surface area contributed by atoms with E-state index in [0.29, 0.717) is 5.75 Å². The number of thioether (sulfide) groups is 1. The second-order valence-corrected chi connectivity index (χ2v) is 7.37. The van der Waals surface area contributed by atoms with Crippen molar-refractivity contribution in [2.24, 2.45) is 0 Å². The first kappa shape index (κ1) is 18.3. The lowest BCUT2D eigenvalue weighted by atomic mass is 10.2. The molecule has 0 saturated heterocycles. The average Bonchev–Trinajstić information content (AvgIpc) is 3.33. The summed E-state index contributed by atoms with van der Waals surface area (Å²) in [6, 6.07) is 18.1. The van der Waals surface area contributed by atoms with Crippen LogP contribution < -0.4 is 4.74 Å². The SMILES string of the molecule is COc1cccc(-c2nnc(SCc3cc(C)on3)n2-c2ccc(C)cc2)c1. The van der Waals surface area contributed by atoms with E-state index < -0.39 is 0 Å². The highest BCUT2D eigenvalue weighted by atomic mass is 32.2. The Hall–Kier alpha value is -3.06. The molecule has 0 bridgehead atoms. The third kappa shape index (κ3) is 3.80. The Morgan fingerprint density at radius 3 is 2.57 bits per heavy atom. The predicted molar refractivity (Wildman–Crippen MR) is 109 cm³/mol. The molecule has 4 rings (SSSR count). The van der Waals surface area contributed by atoms with E-state index in [2.05, 4.69) is 51.1 Å². The van der Waals surface area contributed by atoms with Gasteiger partial charge in [0, 0.05) is 23.1 Å². The van der Waals surface area contributed by atoms with E-state index in [4.69, 9.17) is 9.26 Å². The van der Waals surface area contributed by atoms with E-state index >= 15 is 0 Å². The van der Waals surface area contributed by atoms with Gasteiger partial charge in [-0.05, 0) is 38.1 Å². The van der Waals surface area contributed by atoms with Crippen LogP contribution in [0.1, 0.15) is 17.0 Å². The molecule has 2 heterocycles. The summed E-state index contributed by atoms with van der Waals surface area (Å²) in [5.41, 5.74) is 4.03. The van der Waals surface area contributed by atoms with E-state index in [1.807, 2.05) is 37.3 Å². The van der Waals surface area contributed by atoms with Crippen LogP contribution in [0.15, 0.2) is 64.3 Å². The van der Waals surface area contributed by atoms with Crippen molar-refractivity contribution in [1.82, 2.24) is 19.9 Å². The molecule has 28 heavy (non-hydrogen) atoms. The summed E-state index contributed by atoms with van der Waals surface area (Å²) < 4.78 is 12.6. The number of aromatic nitrogens is 4. The van der Waals surface area contributed by atoms with Gasteiger partial charge in [0.1, 0.15) is 11.5 Å². The lowest BCUT2D eigenvalue weighted by Gasteiger charge is -2.11. The van der Waals surface area contributed by atoms with Gasteiger partial charge in [-0.15, -0.1) is 10.2 Å². The summed E-state index contributed by atoms with van der Waals surface area (Å²) >= 11 is 1.57. The van der Waals surface area contributed by atoms with E-state index in [-0.39, 0.29) is 0 Å². The van der Waals surface area contributed by atoms with Crippen LogP contribution in [-0.4, -0.2) is 27.0 Å². The zero-order valence-electron chi connectivity index (χ0n) is 15.9. The van der Waals surface area contributed by atoms with Crippen LogP contribution in [0.4, 0.5) is 0 Å². The third-order valence-electron chi connectivity index (χ3n) is 4.28. The van der Waals surface area contributed by atoms with Crippen molar-refractivity contribution < 1.29 is 9.26 Å². The van der Waals surface area contributed by atoms with E-state index in [1.165, 1.54) is 5.56 Å². The van der Waals surface area contributed by atoms with E-state index in [0.717, 1.165) is 39.4 Å². The van der Waals surface area contributed by atoms with Gasteiger partial charge in [0.05, 0.1) is 12.8 Å². The van der Waals surface area contributed by atoms with Gasteiger partial charge in [0.25, 0.3) is 0 Å². The number of rotatable bonds is 6. The lowest BCUT2D eigenvalue weighted by molar-refractivity contribution is 0.393. The van der Waals surface area contributed by atoms with Gasteiger partial charge in [0.15, 0.2) is 11.0 Å². The monoisotopic (exact) mass is 392 g/mol. The van der Waals surface area contributed by atoms with Crippen molar-refractivity contribution in [1.29, 1.82) is 0 Å². The quantitative estimate of drug-likeness (QED) is 0.438. The molecule has 6 nitrogen and oxygen atoms in total. The molecule has 0 aliphatic heterocycles. The number of hydrogen-bond donors (Lipinski definition) is 0. The Bertz CT molecular complexity index is 1090. The van der Waals surface area contributed by atoms with Gasteiger partial charge in [-0.2, -0.15) is 0 Å². The molecular weight excluding hydrogens is 372 g/mol. The van der Waals surface area contributed by atoms with Crippen LogP contribution in [0.5, 0.6) is 5.75 Å². The Kier molecular flexibility index (Phi) is 5.16. The van der Waals surface area contributed by atoms with Crippen molar-refractivity contribution in [2.45, 2.75) is 24.8 Å². The van der Waals surface area contributed by atoms with Crippen LogP contribution in [0.2, 0.25) is 0 Å². The van der Waals surface area contributed by atoms with Crippen LogP contribution in [-0.2, 0) is 5.75 Å². The Balaban J connectivity index is 1.75. The summed E-state index contributed by atoms with van der Waals surface area (Å²) in [5.74, 6) is 3.00.